The van der Waals surface area contributed by atoms with E-state index in [4.69, 9.17) is 9.15 Å². The van der Waals surface area contributed by atoms with Crippen molar-refractivity contribution in [2.75, 3.05) is 26.3 Å². The second-order valence-electron chi connectivity index (χ2n) is 4.67. The number of ether oxygens (including phenoxy) is 1. The van der Waals surface area contributed by atoms with Crippen molar-refractivity contribution < 1.29 is 9.15 Å². The molecule has 0 amide bonds. The molecule has 0 saturated heterocycles. The fourth-order valence-electron chi connectivity index (χ4n) is 1.46. The molecule has 1 aromatic rings. The average Bonchev–Trinajstić information content (AvgIpc) is 2.88. The largest absolute Gasteiger partial charge is 0.467 e. The fourth-order valence-corrected chi connectivity index (χ4v) is 1.46. The van der Waals surface area contributed by atoms with Crippen molar-refractivity contribution in [2.45, 2.75) is 27.3 Å². The molecule has 0 fully saturated rings. The second-order valence-corrected chi connectivity index (χ2v) is 4.67. The number of rotatable bonds is 8. The van der Waals surface area contributed by atoms with Gasteiger partial charge in [-0.1, -0.05) is 13.8 Å². The molecule has 0 unspecified atom stereocenters. The third kappa shape index (κ3) is 9.19. The molecule has 1 aromatic heterocycles. The Morgan fingerprint density at radius 2 is 2.20 bits per heavy atom. The summed E-state index contributed by atoms with van der Waals surface area (Å²) in [5, 5.41) is 6.42. The number of halogens is 1. The number of hydrogen-bond donors (Lipinski definition) is 2. The van der Waals surface area contributed by atoms with Crippen LogP contribution in [0.2, 0.25) is 0 Å². The van der Waals surface area contributed by atoms with Crippen LogP contribution >= 0.6 is 24.0 Å². The van der Waals surface area contributed by atoms with E-state index in [1.807, 2.05) is 19.1 Å². The van der Waals surface area contributed by atoms with Crippen molar-refractivity contribution in [2.24, 2.45) is 10.9 Å². The van der Waals surface area contributed by atoms with E-state index in [1.54, 1.807) is 6.26 Å². The van der Waals surface area contributed by atoms with Crippen LogP contribution in [0.5, 0.6) is 0 Å². The van der Waals surface area contributed by atoms with Crippen molar-refractivity contribution in [3.63, 3.8) is 0 Å². The zero-order valence-electron chi connectivity index (χ0n) is 12.5. The smallest absolute Gasteiger partial charge is 0.191 e. The molecule has 0 atom stereocenters. The van der Waals surface area contributed by atoms with E-state index in [2.05, 4.69) is 29.5 Å². The SMILES string of the molecule is CCNC(=NCc1ccco1)NCCOCC(C)C.I. The first-order valence-corrected chi connectivity index (χ1v) is 6.84. The monoisotopic (exact) mass is 395 g/mol. The van der Waals surface area contributed by atoms with E-state index >= 15 is 0 Å². The molecule has 2 N–H and O–H groups in total. The predicted octanol–water partition coefficient (Wildman–Crippen LogP) is 2.63. The summed E-state index contributed by atoms with van der Waals surface area (Å²) in [4.78, 5) is 4.43. The fraction of sp³-hybridized carbons (Fsp3) is 0.643. The van der Waals surface area contributed by atoms with Crippen molar-refractivity contribution in [1.82, 2.24) is 10.6 Å². The minimum atomic E-state index is 0. The normalized spacial score (nSPS) is 11.3. The summed E-state index contributed by atoms with van der Waals surface area (Å²) in [5.74, 6) is 2.21. The molecule has 1 rings (SSSR count). The minimum absolute atomic E-state index is 0. The third-order valence-electron chi connectivity index (χ3n) is 2.31. The van der Waals surface area contributed by atoms with Gasteiger partial charge in [-0.05, 0) is 25.0 Å². The van der Waals surface area contributed by atoms with Crippen LogP contribution in [0, 0.1) is 5.92 Å². The van der Waals surface area contributed by atoms with Crippen LogP contribution in [0.25, 0.3) is 0 Å². The number of nitrogens with zero attached hydrogens (tertiary/aromatic N) is 1. The lowest BCUT2D eigenvalue weighted by molar-refractivity contribution is 0.114. The first-order chi connectivity index (χ1) is 9.22. The molecule has 5 nitrogen and oxygen atoms in total. The molecule has 6 heteroatoms. The molecule has 0 aliphatic rings. The Hall–Kier alpha value is -0.760. The van der Waals surface area contributed by atoms with Crippen LogP contribution in [-0.2, 0) is 11.3 Å². The van der Waals surface area contributed by atoms with E-state index < -0.39 is 0 Å². The van der Waals surface area contributed by atoms with Crippen molar-refractivity contribution >= 4 is 29.9 Å². The van der Waals surface area contributed by atoms with Gasteiger partial charge in [-0.2, -0.15) is 0 Å². The van der Waals surface area contributed by atoms with Gasteiger partial charge in [-0.15, -0.1) is 24.0 Å². The molecular formula is C14H26IN3O2. The lowest BCUT2D eigenvalue weighted by atomic mass is 10.2. The zero-order valence-corrected chi connectivity index (χ0v) is 14.8. The van der Waals surface area contributed by atoms with Crippen molar-refractivity contribution in [3.8, 4) is 0 Å². The van der Waals surface area contributed by atoms with E-state index in [0.29, 0.717) is 19.1 Å². The third-order valence-corrected chi connectivity index (χ3v) is 2.31. The standard InChI is InChI=1S/C14H25N3O2.HI/c1-4-15-14(16-7-9-18-11-12(2)3)17-10-13-6-5-8-19-13;/h5-6,8,12H,4,7,9-11H2,1-3H3,(H2,15,16,17);1H. The summed E-state index contributed by atoms with van der Waals surface area (Å²) in [7, 11) is 0. The molecule has 0 saturated carbocycles. The lowest BCUT2D eigenvalue weighted by Gasteiger charge is -2.11. The Morgan fingerprint density at radius 3 is 2.80 bits per heavy atom. The molecule has 0 bridgehead atoms. The summed E-state index contributed by atoms with van der Waals surface area (Å²) in [6.45, 7) is 9.91. The molecular weight excluding hydrogens is 369 g/mol. The van der Waals surface area contributed by atoms with Crippen molar-refractivity contribution in [3.05, 3.63) is 24.2 Å². The number of furan rings is 1. The molecule has 116 valence electrons. The van der Waals surface area contributed by atoms with Gasteiger partial charge in [0, 0.05) is 19.7 Å². The topological polar surface area (TPSA) is 58.8 Å². The van der Waals surface area contributed by atoms with E-state index in [-0.39, 0.29) is 24.0 Å². The summed E-state index contributed by atoms with van der Waals surface area (Å²) in [6, 6.07) is 3.78. The van der Waals surface area contributed by atoms with Gasteiger partial charge in [-0.25, -0.2) is 4.99 Å². The van der Waals surface area contributed by atoms with E-state index in [1.165, 1.54) is 0 Å². The quantitative estimate of drug-likeness (QED) is 0.308. The Bertz CT molecular complexity index is 353. The van der Waals surface area contributed by atoms with Gasteiger partial charge < -0.3 is 19.8 Å². The van der Waals surface area contributed by atoms with Gasteiger partial charge in [0.1, 0.15) is 12.3 Å². The van der Waals surface area contributed by atoms with Gasteiger partial charge in [0.2, 0.25) is 0 Å². The second kappa shape index (κ2) is 12.0. The highest BCUT2D eigenvalue weighted by Crippen LogP contribution is 2.00. The van der Waals surface area contributed by atoms with Crippen LogP contribution in [0.15, 0.2) is 27.8 Å². The number of nitrogens with one attached hydrogen (secondary N) is 2. The Morgan fingerprint density at radius 1 is 1.40 bits per heavy atom. The molecule has 1 heterocycles. The van der Waals surface area contributed by atoms with Gasteiger partial charge in [0.15, 0.2) is 5.96 Å². The maximum atomic E-state index is 5.51. The van der Waals surface area contributed by atoms with Crippen LogP contribution in [-0.4, -0.2) is 32.3 Å². The van der Waals surface area contributed by atoms with Crippen LogP contribution in [0.4, 0.5) is 0 Å². The molecule has 0 spiro atoms. The van der Waals surface area contributed by atoms with Crippen LogP contribution in [0.1, 0.15) is 26.5 Å². The summed E-state index contributed by atoms with van der Waals surface area (Å²) < 4.78 is 10.8. The molecule has 0 aliphatic heterocycles. The van der Waals surface area contributed by atoms with Crippen molar-refractivity contribution in [1.29, 1.82) is 0 Å². The molecule has 0 radical (unpaired) electrons. The van der Waals surface area contributed by atoms with Crippen LogP contribution in [0.3, 0.4) is 0 Å². The maximum absolute atomic E-state index is 5.51. The maximum Gasteiger partial charge on any atom is 0.191 e. The van der Waals surface area contributed by atoms with Crippen LogP contribution < -0.4 is 10.6 Å². The highest BCUT2D eigenvalue weighted by atomic mass is 127. The van der Waals surface area contributed by atoms with E-state index in [9.17, 15) is 0 Å². The first kappa shape index (κ1) is 19.2. The lowest BCUT2D eigenvalue weighted by Crippen LogP contribution is -2.39. The Labute approximate surface area is 138 Å². The van der Waals surface area contributed by atoms with Gasteiger partial charge in [-0.3, -0.25) is 0 Å². The van der Waals surface area contributed by atoms with Gasteiger partial charge in [0.25, 0.3) is 0 Å². The number of hydrogen-bond acceptors (Lipinski definition) is 3. The zero-order chi connectivity index (χ0) is 13.9. The Kier molecular flexibility index (Phi) is 11.6. The summed E-state index contributed by atoms with van der Waals surface area (Å²) in [5.41, 5.74) is 0. The molecule has 20 heavy (non-hydrogen) atoms. The van der Waals surface area contributed by atoms with E-state index in [0.717, 1.165) is 31.4 Å². The van der Waals surface area contributed by atoms with Gasteiger partial charge in [0.05, 0.1) is 12.9 Å². The number of guanidine groups is 1. The molecule has 0 aliphatic carbocycles. The van der Waals surface area contributed by atoms with Gasteiger partial charge >= 0.3 is 0 Å². The highest BCUT2D eigenvalue weighted by Gasteiger charge is 1.99. The average molecular weight is 395 g/mol. The summed E-state index contributed by atoms with van der Waals surface area (Å²) in [6.07, 6.45) is 1.66. The minimum Gasteiger partial charge on any atom is -0.467 e. The first-order valence-electron chi connectivity index (χ1n) is 6.84. The molecule has 0 aromatic carbocycles. The Balaban J connectivity index is 0.00000361. The predicted molar refractivity (Wildman–Crippen MR) is 92.6 cm³/mol. The number of aliphatic imine (C=N–C) groups is 1. The highest BCUT2D eigenvalue weighted by molar-refractivity contribution is 14.0. The summed E-state index contributed by atoms with van der Waals surface area (Å²) >= 11 is 0.